The van der Waals surface area contributed by atoms with Gasteiger partial charge in [-0.3, -0.25) is 9.59 Å². The lowest BCUT2D eigenvalue weighted by Gasteiger charge is -2.35. The van der Waals surface area contributed by atoms with Gasteiger partial charge in [0.1, 0.15) is 5.82 Å². The van der Waals surface area contributed by atoms with E-state index in [0.717, 1.165) is 22.3 Å². The molecule has 0 atom stereocenters. The number of hydrogen-bond acceptors (Lipinski definition) is 2. The lowest BCUT2D eigenvalue weighted by atomic mass is 10.0. The highest BCUT2D eigenvalue weighted by molar-refractivity contribution is 5.81. The van der Waals surface area contributed by atoms with Gasteiger partial charge >= 0.3 is 0 Å². The monoisotopic (exact) mass is 368 g/mol. The summed E-state index contributed by atoms with van der Waals surface area (Å²) in [4.78, 5) is 28.7. The number of carbonyl (C=O) groups excluding carboxylic acids is 2. The van der Waals surface area contributed by atoms with Gasteiger partial charge in [-0.25, -0.2) is 4.39 Å². The Balaban J connectivity index is 1.52. The highest BCUT2D eigenvalue weighted by Crippen LogP contribution is 2.14. The van der Waals surface area contributed by atoms with Gasteiger partial charge in [0.05, 0.1) is 12.8 Å². The molecule has 0 N–H and O–H groups in total. The maximum absolute atomic E-state index is 13.0. The molecule has 1 heterocycles. The van der Waals surface area contributed by atoms with Gasteiger partial charge in [-0.1, -0.05) is 35.9 Å². The number of amides is 2. The lowest BCUT2D eigenvalue weighted by molar-refractivity contribution is -0.138. The number of carbonyl (C=O) groups is 2. The number of nitrogens with zero attached hydrogens (tertiary/aromatic N) is 2. The van der Waals surface area contributed by atoms with E-state index in [1.165, 1.54) is 12.1 Å². The average Bonchev–Trinajstić information content (AvgIpc) is 2.66. The number of hydrogen-bond donors (Lipinski definition) is 0. The maximum Gasteiger partial charge on any atom is 0.227 e. The van der Waals surface area contributed by atoms with Crippen molar-refractivity contribution in [2.24, 2.45) is 0 Å². The molecule has 0 saturated carbocycles. The summed E-state index contributed by atoms with van der Waals surface area (Å²) in [5.41, 5.74) is 4.14. The van der Waals surface area contributed by atoms with E-state index in [1.54, 1.807) is 17.0 Å². The molecule has 27 heavy (non-hydrogen) atoms. The summed E-state index contributed by atoms with van der Waals surface area (Å²) >= 11 is 0. The molecule has 1 saturated heterocycles. The summed E-state index contributed by atoms with van der Waals surface area (Å²) in [7, 11) is 0. The second-order valence-corrected chi connectivity index (χ2v) is 7.17. The molecular weight excluding hydrogens is 343 g/mol. The first-order chi connectivity index (χ1) is 12.9. The van der Waals surface area contributed by atoms with E-state index < -0.39 is 0 Å². The zero-order valence-electron chi connectivity index (χ0n) is 15.9. The van der Waals surface area contributed by atoms with Gasteiger partial charge in [0.15, 0.2) is 0 Å². The fraction of sp³-hybridized carbons (Fsp3) is 0.364. The van der Waals surface area contributed by atoms with Crippen molar-refractivity contribution < 1.29 is 14.0 Å². The van der Waals surface area contributed by atoms with E-state index in [9.17, 15) is 14.0 Å². The van der Waals surface area contributed by atoms with E-state index >= 15 is 0 Å². The topological polar surface area (TPSA) is 40.6 Å². The van der Waals surface area contributed by atoms with Gasteiger partial charge in [-0.15, -0.1) is 0 Å². The normalized spacial score (nSPS) is 14.3. The van der Waals surface area contributed by atoms with Crippen LogP contribution in [0.1, 0.15) is 22.3 Å². The molecular formula is C22H25FN2O2. The summed E-state index contributed by atoms with van der Waals surface area (Å²) in [5, 5.41) is 0. The Bertz CT molecular complexity index is 825. The summed E-state index contributed by atoms with van der Waals surface area (Å²) in [5.74, 6) is -0.181. The van der Waals surface area contributed by atoms with Crippen LogP contribution >= 0.6 is 0 Å². The zero-order chi connectivity index (χ0) is 19.4. The van der Waals surface area contributed by atoms with Crippen LogP contribution in [-0.2, 0) is 22.4 Å². The second kappa shape index (κ2) is 8.33. The third kappa shape index (κ3) is 4.94. The Labute approximate surface area is 159 Å². The van der Waals surface area contributed by atoms with Crippen LogP contribution in [0.15, 0.2) is 42.5 Å². The number of piperazine rings is 1. The molecule has 142 valence electrons. The molecule has 3 rings (SSSR count). The molecule has 2 aromatic carbocycles. The van der Waals surface area contributed by atoms with Crippen LogP contribution in [0.2, 0.25) is 0 Å². The smallest absolute Gasteiger partial charge is 0.227 e. The van der Waals surface area contributed by atoms with Crippen LogP contribution in [0.4, 0.5) is 4.39 Å². The van der Waals surface area contributed by atoms with Crippen molar-refractivity contribution in [3.05, 3.63) is 70.5 Å². The fourth-order valence-electron chi connectivity index (χ4n) is 3.36. The molecule has 1 fully saturated rings. The molecule has 0 aromatic heterocycles. The minimum atomic E-state index is -0.304. The van der Waals surface area contributed by atoms with Gasteiger partial charge in [-0.2, -0.15) is 0 Å². The Kier molecular flexibility index (Phi) is 5.89. The Morgan fingerprint density at radius 1 is 0.852 bits per heavy atom. The van der Waals surface area contributed by atoms with Crippen LogP contribution in [0, 0.1) is 19.7 Å². The summed E-state index contributed by atoms with van der Waals surface area (Å²) in [6.45, 7) is 6.24. The predicted octanol–water partition coefficient (Wildman–Crippen LogP) is 2.90. The molecule has 1 aliphatic heterocycles. The highest BCUT2D eigenvalue weighted by atomic mass is 19.1. The van der Waals surface area contributed by atoms with Gasteiger partial charge in [-0.05, 0) is 42.7 Å². The highest BCUT2D eigenvalue weighted by Gasteiger charge is 2.24. The lowest BCUT2D eigenvalue weighted by Crippen LogP contribution is -2.51. The van der Waals surface area contributed by atoms with Crippen LogP contribution in [0.5, 0.6) is 0 Å². The van der Waals surface area contributed by atoms with Crippen molar-refractivity contribution in [3.8, 4) is 0 Å². The van der Waals surface area contributed by atoms with E-state index in [2.05, 4.69) is 12.1 Å². The van der Waals surface area contributed by atoms with E-state index in [1.807, 2.05) is 24.8 Å². The van der Waals surface area contributed by atoms with Crippen LogP contribution in [-0.4, -0.2) is 47.8 Å². The van der Waals surface area contributed by atoms with Crippen LogP contribution in [0.3, 0.4) is 0 Å². The molecule has 0 spiro atoms. The first-order valence-electron chi connectivity index (χ1n) is 9.28. The van der Waals surface area contributed by atoms with Crippen LogP contribution < -0.4 is 0 Å². The van der Waals surface area contributed by atoms with Gasteiger partial charge in [0, 0.05) is 26.2 Å². The summed E-state index contributed by atoms with van der Waals surface area (Å²) in [6, 6.07) is 12.2. The van der Waals surface area contributed by atoms with Crippen molar-refractivity contribution in [1.29, 1.82) is 0 Å². The predicted molar refractivity (Wildman–Crippen MR) is 103 cm³/mol. The molecule has 2 aromatic rings. The van der Waals surface area contributed by atoms with Crippen molar-refractivity contribution in [2.45, 2.75) is 26.7 Å². The molecule has 2 amide bonds. The SMILES string of the molecule is Cc1ccc(C)c(CC(=O)N2CCN(C(=O)Cc3ccc(F)cc3)CC2)c1. The Hall–Kier alpha value is -2.69. The van der Waals surface area contributed by atoms with E-state index in [-0.39, 0.29) is 24.1 Å². The maximum atomic E-state index is 13.0. The average molecular weight is 368 g/mol. The van der Waals surface area contributed by atoms with Crippen molar-refractivity contribution in [2.75, 3.05) is 26.2 Å². The first-order valence-corrected chi connectivity index (χ1v) is 9.28. The van der Waals surface area contributed by atoms with Crippen LogP contribution in [0.25, 0.3) is 0 Å². The minimum Gasteiger partial charge on any atom is -0.339 e. The minimum absolute atomic E-state index is 0.0169. The Morgan fingerprint density at radius 3 is 2.00 bits per heavy atom. The summed E-state index contributed by atoms with van der Waals surface area (Å²) < 4.78 is 13.0. The largest absolute Gasteiger partial charge is 0.339 e. The first kappa shape index (κ1) is 19.1. The molecule has 0 radical (unpaired) electrons. The van der Waals surface area contributed by atoms with E-state index in [0.29, 0.717) is 32.6 Å². The number of halogens is 1. The molecule has 4 nitrogen and oxygen atoms in total. The fourth-order valence-corrected chi connectivity index (χ4v) is 3.36. The molecule has 0 aliphatic carbocycles. The quantitative estimate of drug-likeness (QED) is 0.833. The number of benzene rings is 2. The number of rotatable bonds is 4. The third-order valence-electron chi connectivity index (χ3n) is 5.10. The molecule has 0 bridgehead atoms. The second-order valence-electron chi connectivity index (χ2n) is 7.17. The standard InChI is InChI=1S/C22H25FN2O2/c1-16-3-4-17(2)19(13-16)15-22(27)25-11-9-24(10-12-25)21(26)14-18-5-7-20(23)8-6-18/h3-8,13H,9-12,14-15H2,1-2H3. The van der Waals surface area contributed by atoms with Gasteiger partial charge in [0.25, 0.3) is 0 Å². The van der Waals surface area contributed by atoms with Crippen molar-refractivity contribution in [1.82, 2.24) is 9.80 Å². The van der Waals surface area contributed by atoms with Gasteiger partial charge < -0.3 is 9.80 Å². The number of aryl methyl sites for hydroxylation is 2. The van der Waals surface area contributed by atoms with Crippen molar-refractivity contribution in [3.63, 3.8) is 0 Å². The molecule has 1 aliphatic rings. The summed E-state index contributed by atoms with van der Waals surface area (Å²) in [6.07, 6.45) is 0.660. The molecule has 0 unspecified atom stereocenters. The van der Waals surface area contributed by atoms with E-state index in [4.69, 9.17) is 0 Å². The van der Waals surface area contributed by atoms with Gasteiger partial charge in [0.2, 0.25) is 11.8 Å². The zero-order valence-corrected chi connectivity index (χ0v) is 15.9. The Morgan fingerprint density at radius 2 is 1.41 bits per heavy atom. The molecule has 5 heteroatoms. The van der Waals surface area contributed by atoms with Crippen molar-refractivity contribution >= 4 is 11.8 Å². The third-order valence-corrected chi connectivity index (χ3v) is 5.10.